The van der Waals surface area contributed by atoms with E-state index in [1.54, 1.807) is 0 Å². The maximum atomic E-state index is 13.8. The first-order chi connectivity index (χ1) is 10.8. The average Bonchev–Trinajstić information content (AvgIpc) is 2.46. The highest BCUT2D eigenvalue weighted by Crippen LogP contribution is 2.45. The van der Waals surface area contributed by atoms with Crippen LogP contribution in [0.4, 0.5) is 54.0 Å². The van der Waals surface area contributed by atoms with Gasteiger partial charge in [0.2, 0.25) is 5.82 Å². The van der Waals surface area contributed by atoms with Gasteiger partial charge in [-0.05, 0) is 6.42 Å². The highest BCUT2D eigenvalue weighted by molar-refractivity contribution is 5.52. The Morgan fingerprint density at radius 3 is 1.50 bits per heavy atom. The van der Waals surface area contributed by atoms with Crippen molar-refractivity contribution in [1.29, 1.82) is 0 Å². The molecule has 138 valence electrons. The van der Waals surface area contributed by atoms with Crippen molar-refractivity contribution in [3.05, 3.63) is 29.1 Å². The molecule has 1 aromatic rings. The van der Waals surface area contributed by atoms with Crippen molar-refractivity contribution in [3.63, 3.8) is 0 Å². The Bertz CT molecular complexity index is 581. The lowest BCUT2D eigenvalue weighted by Crippen LogP contribution is -2.56. The zero-order valence-electron chi connectivity index (χ0n) is 11.6. The molecule has 0 spiro atoms. The first kappa shape index (κ1) is 20.3. The van der Waals surface area contributed by atoms with Gasteiger partial charge in [-0.1, -0.05) is 13.3 Å². The van der Waals surface area contributed by atoms with Gasteiger partial charge in [0.15, 0.2) is 29.6 Å². The molecule has 0 heterocycles. The third-order valence-electron chi connectivity index (χ3n) is 2.88. The van der Waals surface area contributed by atoms with Crippen molar-refractivity contribution in [3.8, 4) is 0 Å². The van der Waals surface area contributed by atoms with Crippen LogP contribution in [-0.4, -0.2) is 18.5 Å². The molecule has 0 radical (unpaired) electrons. The molecule has 0 aliphatic heterocycles. The number of alkyl halides is 6. The van der Waals surface area contributed by atoms with Crippen LogP contribution in [-0.2, 0) is 0 Å². The zero-order chi connectivity index (χ0) is 19.0. The SMILES string of the molecule is CCCC(F)N(c1c(F)c(F)c(F)c(F)c1F)C(F)(F)C(F)(F)F. The molecule has 1 nitrogen and oxygen atoms in total. The van der Waals surface area contributed by atoms with Crippen LogP contribution < -0.4 is 4.90 Å². The minimum Gasteiger partial charge on any atom is -0.269 e. The van der Waals surface area contributed by atoms with Crippen molar-refractivity contribution >= 4 is 5.69 Å². The van der Waals surface area contributed by atoms with Crippen LogP contribution >= 0.6 is 0 Å². The van der Waals surface area contributed by atoms with E-state index in [4.69, 9.17) is 0 Å². The van der Waals surface area contributed by atoms with E-state index < -0.39 is 64.6 Å². The quantitative estimate of drug-likeness (QED) is 0.287. The standard InChI is InChI=1S/C12H8F11N/c1-2-3-4(13)24(12(22,23)11(19,20)21)10-8(17)6(15)5(14)7(16)9(10)18/h4H,2-3H2,1H3. The van der Waals surface area contributed by atoms with Gasteiger partial charge in [0.05, 0.1) is 0 Å². The number of benzene rings is 1. The Labute approximate surface area is 127 Å². The summed E-state index contributed by atoms with van der Waals surface area (Å²) in [6.45, 7) is 1.13. The molecule has 0 saturated carbocycles. The molecule has 0 saturated heterocycles. The number of hydrogen-bond donors (Lipinski definition) is 0. The van der Waals surface area contributed by atoms with E-state index in [-0.39, 0.29) is 6.42 Å². The van der Waals surface area contributed by atoms with Crippen molar-refractivity contribution in [1.82, 2.24) is 0 Å². The maximum Gasteiger partial charge on any atom is 0.475 e. The Morgan fingerprint density at radius 2 is 1.17 bits per heavy atom. The number of hydrogen-bond acceptors (Lipinski definition) is 1. The third kappa shape index (κ3) is 3.22. The Kier molecular flexibility index (Phi) is 5.61. The third-order valence-corrected chi connectivity index (χ3v) is 2.88. The van der Waals surface area contributed by atoms with Crippen LogP contribution in [0.5, 0.6) is 0 Å². The molecule has 0 amide bonds. The van der Waals surface area contributed by atoms with Gasteiger partial charge < -0.3 is 0 Å². The van der Waals surface area contributed by atoms with Crippen molar-refractivity contribution in [2.45, 2.75) is 38.3 Å². The fraction of sp³-hybridized carbons (Fsp3) is 0.500. The number of rotatable bonds is 5. The molecule has 0 aliphatic carbocycles. The predicted octanol–water partition coefficient (Wildman–Crippen LogP) is 5.44. The molecule has 12 heteroatoms. The van der Waals surface area contributed by atoms with Crippen LogP contribution in [0, 0.1) is 29.1 Å². The van der Waals surface area contributed by atoms with Crippen molar-refractivity contribution < 1.29 is 48.3 Å². The molecule has 1 aromatic carbocycles. The van der Waals surface area contributed by atoms with Crippen LogP contribution in [0.15, 0.2) is 0 Å². The van der Waals surface area contributed by atoms with Gasteiger partial charge >= 0.3 is 12.2 Å². The van der Waals surface area contributed by atoms with E-state index in [1.165, 1.54) is 0 Å². The first-order valence-electron chi connectivity index (χ1n) is 6.18. The lowest BCUT2D eigenvalue weighted by molar-refractivity contribution is -0.286. The van der Waals surface area contributed by atoms with Gasteiger partial charge in [0.1, 0.15) is 5.69 Å². The summed E-state index contributed by atoms with van der Waals surface area (Å²) in [5.74, 6) is -14.4. The fourth-order valence-electron chi connectivity index (χ4n) is 1.77. The van der Waals surface area contributed by atoms with Crippen LogP contribution in [0.2, 0.25) is 0 Å². The summed E-state index contributed by atoms with van der Waals surface area (Å²) in [6.07, 6.45) is -11.4. The Balaban J connectivity index is 3.76. The van der Waals surface area contributed by atoms with Gasteiger partial charge in [0.25, 0.3) is 0 Å². The predicted molar refractivity (Wildman–Crippen MR) is 59.5 cm³/mol. The molecular formula is C12H8F11N. The molecule has 0 bridgehead atoms. The summed E-state index contributed by atoms with van der Waals surface area (Å²) in [7, 11) is 0. The first-order valence-corrected chi connectivity index (χ1v) is 6.18. The Hall–Kier alpha value is -1.75. The van der Waals surface area contributed by atoms with Crippen LogP contribution in [0.3, 0.4) is 0 Å². The van der Waals surface area contributed by atoms with Crippen LogP contribution in [0.1, 0.15) is 19.8 Å². The lowest BCUT2D eigenvalue weighted by Gasteiger charge is -2.36. The maximum absolute atomic E-state index is 13.8. The normalized spacial score (nSPS) is 14.0. The molecule has 0 fully saturated rings. The summed E-state index contributed by atoms with van der Waals surface area (Å²) in [6, 6.07) is -6.24. The number of nitrogens with zero attached hydrogens (tertiary/aromatic N) is 1. The smallest absolute Gasteiger partial charge is 0.269 e. The monoisotopic (exact) mass is 375 g/mol. The van der Waals surface area contributed by atoms with E-state index in [9.17, 15) is 48.3 Å². The lowest BCUT2D eigenvalue weighted by atomic mass is 10.2. The minimum absolute atomic E-state index is 0.360. The average molecular weight is 375 g/mol. The molecule has 1 atom stereocenters. The summed E-state index contributed by atoms with van der Waals surface area (Å²) in [5, 5.41) is 0. The zero-order valence-corrected chi connectivity index (χ0v) is 11.6. The molecule has 1 unspecified atom stereocenters. The van der Waals surface area contributed by atoms with E-state index in [2.05, 4.69) is 0 Å². The molecule has 0 N–H and O–H groups in total. The highest BCUT2D eigenvalue weighted by Gasteiger charge is 2.64. The molecular weight excluding hydrogens is 367 g/mol. The van der Waals surface area contributed by atoms with E-state index in [1.807, 2.05) is 0 Å². The summed E-state index contributed by atoms with van der Waals surface area (Å²) >= 11 is 0. The highest BCUT2D eigenvalue weighted by atomic mass is 19.4. The van der Waals surface area contributed by atoms with Crippen LogP contribution in [0.25, 0.3) is 0 Å². The van der Waals surface area contributed by atoms with Gasteiger partial charge in [-0.3, -0.25) is 4.90 Å². The largest absolute Gasteiger partial charge is 0.475 e. The van der Waals surface area contributed by atoms with E-state index in [0.29, 0.717) is 0 Å². The fourth-order valence-corrected chi connectivity index (χ4v) is 1.77. The summed E-state index contributed by atoms with van der Waals surface area (Å²) in [4.78, 5) is -1.78. The molecule has 0 aromatic heterocycles. The van der Waals surface area contributed by atoms with E-state index in [0.717, 1.165) is 6.92 Å². The minimum atomic E-state index is -6.55. The number of halogens is 11. The second-order valence-electron chi connectivity index (χ2n) is 4.55. The molecule has 0 aliphatic rings. The molecule has 1 rings (SSSR count). The van der Waals surface area contributed by atoms with Gasteiger partial charge in [0, 0.05) is 0 Å². The van der Waals surface area contributed by atoms with Crippen molar-refractivity contribution in [2.75, 3.05) is 4.90 Å². The second kappa shape index (κ2) is 6.63. The van der Waals surface area contributed by atoms with Gasteiger partial charge in [-0.25, -0.2) is 26.3 Å². The Morgan fingerprint density at radius 1 is 0.792 bits per heavy atom. The second-order valence-corrected chi connectivity index (χ2v) is 4.55. The molecule has 24 heavy (non-hydrogen) atoms. The van der Waals surface area contributed by atoms with Crippen molar-refractivity contribution in [2.24, 2.45) is 0 Å². The summed E-state index contributed by atoms with van der Waals surface area (Å²) in [5.41, 5.74) is -2.70. The van der Waals surface area contributed by atoms with Gasteiger partial charge in [-0.2, -0.15) is 22.0 Å². The van der Waals surface area contributed by atoms with Gasteiger partial charge in [-0.15, -0.1) is 0 Å². The topological polar surface area (TPSA) is 3.24 Å². The van der Waals surface area contributed by atoms with E-state index >= 15 is 0 Å². The summed E-state index contributed by atoms with van der Waals surface area (Å²) < 4.78 is 144. The number of anilines is 1.